The second kappa shape index (κ2) is 9.46. The van der Waals surface area contributed by atoms with Crippen LogP contribution in [0.2, 0.25) is 0 Å². The van der Waals surface area contributed by atoms with Crippen molar-refractivity contribution < 1.29 is 37.0 Å². The molecule has 0 aliphatic rings. The van der Waals surface area contributed by atoms with Crippen molar-refractivity contribution in [2.24, 2.45) is 0 Å². The van der Waals surface area contributed by atoms with E-state index in [2.05, 4.69) is 10.1 Å². The lowest BCUT2D eigenvalue weighted by atomic mass is 10.3. The highest BCUT2D eigenvalue weighted by atomic mass is 19.3. The third kappa shape index (κ3) is 6.53. The molecule has 0 heterocycles. The highest BCUT2D eigenvalue weighted by Crippen LogP contribution is 2.25. The van der Waals surface area contributed by atoms with Crippen molar-refractivity contribution in [1.29, 1.82) is 0 Å². The molecular formula is C18H16F3NO5. The van der Waals surface area contributed by atoms with Gasteiger partial charge in [0, 0.05) is 0 Å². The summed E-state index contributed by atoms with van der Waals surface area (Å²) in [5, 5.41) is 2.31. The molecule has 0 bridgehead atoms. The molecule has 0 fully saturated rings. The number of nitrogens with one attached hydrogen (secondary N) is 1. The summed E-state index contributed by atoms with van der Waals surface area (Å²) in [6, 6.07) is 10.6. The monoisotopic (exact) mass is 383 g/mol. The van der Waals surface area contributed by atoms with Gasteiger partial charge in [-0.05, 0) is 43.3 Å². The Morgan fingerprint density at radius 2 is 1.70 bits per heavy atom. The third-order valence-electron chi connectivity index (χ3n) is 3.18. The number of rotatable bonds is 8. The first kappa shape index (κ1) is 20.1. The molecule has 0 radical (unpaired) electrons. The molecule has 0 aliphatic heterocycles. The van der Waals surface area contributed by atoms with E-state index in [9.17, 15) is 22.8 Å². The van der Waals surface area contributed by atoms with Crippen LogP contribution < -0.4 is 14.8 Å². The lowest BCUT2D eigenvalue weighted by molar-refractivity contribution is -0.153. The van der Waals surface area contributed by atoms with E-state index < -0.39 is 37.0 Å². The number of ether oxygens (including phenoxy) is 3. The molecule has 2 aromatic rings. The second-order valence-electron chi connectivity index (χ2n) is 5.24. The first-order valence-electron chi connectivity index (χ1n) is 7.77. The first-order valence-corrected chi connectivity index (χ1v) is 7.77. The standard InChI is InChI=1S/C18H16F3NO5/c1-11(26-13-8-6-12(19)7-9-13)17(24)25-10-16(23)22-14-4-2-3-5-15(14)27-18(20)21/h2-9,11,18H,10H2,1H3,(H,22,23)/t11-/m0/s1. The van der Waals surface area contributed by atoms with Gasteiger partial charge in [-0.2, -0.15) is 8.78 Å². The van der Waals surface area contributed by atoms with Gasteiger partial charge in [-0.3, -0.25) is 4.79 Å². The maximum atomic E-state index is 12.8. The molecule has 0 spiro atoms. The number of para-hydroxylation sites is 2. The normalized spacial score (nSPS) is 11.6. The summed E-state index contributed by atoms with van der Waals surface area (Å²) in [7, 11) is 0. The Kier molecular flexibility index (Phi) is 7.04. The summed E-state index contributed by atoms with van der Waals surface area (Å²) in [5.74, 6) is -2.00. The van der Waals surface area contributed by atoms with E-state index in [4.69, 9.17) is 9.47 Å². The molecule has 0 aromatic heterocycles. The van der Waals surface area contributed by atoms with E-state index in [0.717, 1.165) is 0 Å². The van der Waals surface area contributed by atoms with Gasteiger partial charge in [0.15, 0.2) is 12.7 Å². The van der Waals surface area contributed by atoms with Crippen molar-refractivity contribution in [2.75, 3.05) is 11.9 Å². The Balaban J connectivity index is 1.84. The van der Waals surface area contributed by atoms with Gasteiger partial charge >= 0.3 is 12.6 Å². The molecule has 9 heteroatoms. The van der Waals surface area contributed by atoms with Gasteiger partial charge < -0.3 is 19.5 Å². The molecule has 27 heavy (non-hydrogen) atoms. The van der Waals surface area contributed by atoms with Crippen LogP contribution in [0.3, 0.4) is 0 Å². The van der Waals surface area contributed by atoms with Crippen LogP contribution in [0.4, 0.5) is 18.9 Å². The van der Waals surface area contributed by atoms with Crippen molar-refractivity contribution in [3.63, 3.8) is 0 Å². The van der Waals surface area contributed by atoms with Crippen LogP contribution in [-0.4, -0.2) is 31.2 Å². The largest absolute Gasteiger partial charge is 0.479 e. The number of carbonyl (C=O) groups is 2. The lowest BCUT2D eigenvalue weighted by Crippen LogP contribution is -2.29. The molecule has 0 saturated heterocycles. The Bertz CT molecular complexity index is 783. The molecule has 1 atom stereocenters. The number of esters is 1. The fourth-order valence-corrected chi connectivity index (χ4v) is 1.97. The minimum atomic E-state index is -3.05. The molecule has 144 valence electrons. The van der Waals surface area contributed by atoms with Crippen molar-refractivity contribution in [2.45, 2.75) is 19.6 Å². The van der Waals surface area contributed by atoms with Gasteiger partial charge in [-0.25, -0.2) is 9.18 Å². The van der Waals surface area contributed by atoms with Gasteiger partial charge in [0.25, 0.3) is 5.91 Å². The average Bonchev–Trinajstić information content (AvgIpc) is 2.62. The van der Waals surface area contributed by atoms with E-state index in [1.807, 2.05) is 0 Å². The van der Waals surface area contributed by atoms with Gasteiger partial charge in [0.1, 0.15) is 17.3 Å². The summed E-state index contributed by atoms with van der Waals surface area (Å²) < 4.78 is 51.9. The number of halogens is 3. The predicted octanol–water partition coefficient (Wildman–Crippen LogP) is 3.38. The van der Waals surface area contributed by atoms with Gasteiger partial charge in [0.2, 0.25) is 0 Å². The maximum absolute atomic E-state index is 12.8. The molecule has 0 saturated carbocycles. The van der Waals surface area contributed by atoms with Gasteiger partial charge in [0.05, 0.1) is 5.69 Å². The van der Waals surface area contributed by atoms with Crippen LogP contribution in [0.15, 0.2) is 48.5 Å². The van der Waals surface area contributed by atoms with Crippen LogP contribution >= 0.6 is 0 Å². The number of carbonyl (C=O) groups excluding carboxylic acids is 2. The number of hydrogen-bond donors (Lipinski definition) is 1. The Labute approximate surface area is 152 Å². The average molecular weight is 383 g/mol. The van der Waals surface area contributed by atoms with Crippen molar-refractivity contribution in [1.82, 2.24) is 0 Å². The van der Waals surface area contributed by atoms with E-state index in [-0.39, 0.29) is 17.2 Å². The Morgan fingerprint density at radius 3 is 2.37 bits per heavy atom. The number of hydrogen-bond acceptors (Lipinski definition) is 5. The molecule has 6 nitrogen and oxygen atoms in total. The van der Waals surface area contributed by atoms with E-state index in [0.29, 0.717) is 0 Å². The molecule has 1 N–H and O–H groups in total. The molecule has 2 rings (SSSR count). The summed E-state index contributed by atoms with van der Waals surface area (Å²) in [5.41, 5.74) is 0.00876. The number of anilines is 1. The van der Waals surface area contributed by atoms with Crippen LogP contribution in [0.5, 0.6) is 11.5 Å². The molecule has 2 aromatic carbocycles. The number of benzene rings is 2. The van der Waals surface area contributed by atoms with E-state index in [1.54, 1.807) is 0 Å². The van der Waals surface area contributed by atoms with Crippen molar-refractivity contribution in [3.05, 3.63) is 54.3 Å². The summed E-state index contributed by atoms with van der Waals surface area (Å²) in [6.07, 6.45) is -1.04. The summed E-state index contributed by atoms with van der Waals surface area (Å²) in [4.78, 5) is 23.7. The zero-order valence-electron chi connectivity index (χ0n) is 14.2. The van der Waals surface area contributed by atoms with Crippen molar-refractivity contribution in [3.8, 4) is 11.5 Å². The topological polar surface area (TPSA) is 73.9 Å². The van der Waals surface area contributed by atoms with Crippen LogP contribution in [0, 0.1) is 5.82 Å². The quantitative estimate of drug-likeness (QED) is 0.708. The zero-order chi connectivity index (χ0) is 19.8. The SMILES string of the molecule is C[C@H](Oc1ccc(F)cc1)C(=O)OCC(=O)Nc1ccccc1OC(F)F. The van der Waals surface area contributed by atoms with Crippen LogP contribution in [-0.2, 0) is 14.3 Å². The summed E-state index contributed by atoms with van der Waals surface area (Å²) >= 11 is 0. The third-order valence-corrected chi connectivity index (χ3v) is 3.18. The fraction of sp³-hybridized carbons (Fsp3) is 0.222. The number of alkyl halides is 2. The van der Waals surface area contributed by atoms with Crippen molar-refractivity contribution >= 4 is 17.6 Å². The number of amides is 1. The second-order valence-corrected chi connectivity index (χ2v) is 5.24. The van der Waals surface area contributed by atoms with Gasteiger partial charge in [-0.1, -0.05) is 12.1 Å². The van der Waals surface area contributed by atoms with E-state index >= 15 is 0 Å². The van der Waals surface area contributed by atoms with Crippen LogP contribution in [0.25, 0.3) is 0 Å². The lowest BCUT2D eigenvalue weighted by Gasteiger charge is -2.14. The molecule has 1 amide bonds. The van der Waals surface area contributed by atoms with Gasteiger partial charge in [-0.15, -0.1) is 0 Å². The Morgan fingerprint density at radius 1 is 1.04 bits per heavy atom. The first-order chi connectivity index (χ1) is 12.8. The summed E-state index contributed by atoms with van der Waals surface area (Å²) in [6.45, 7) is -2.31. The fourth-order valence-electron chi connectivity index (χ4n) is 1.97. The molecule has 0 aliphatic carbocycles. The highest BCUT2D eigenvalue weighted by molar-refractivity contribution is 5.94. The predicted molar refractivity (Wildman–Crippen MR) is 89.2 cm³/mol. The minimum Gasteiger partial charge on any atom is -0.479 e. The zero-order valence-corrected chi connectivity index (χ0v) is 14.2. The highest BCUT2D eigenvalue weighted by Gasteiger charge is 2.18. The smallest absolute Gasteiger partial charge is 0.387 e. The van der Waals surface area contributed by atoms with Crippen LogP contribution in [0.1, 0.15) is 6.92 Å². The molecular weight excluding hydrogens is 367 g/mol. The molecule has 0 unspecified atom stereocenters. The minimum absolute atomic E-state index is 0.00876. The maximum Gasteiger partial charge on any atom is 0.387 e. The Hall–Kier alpha value is -3.23. The van der Waals surface area contributed by atoms with E-state index in [1.165, 1.54) is 55.5 Å².